The lowest BCUT2D eigenvalue weighted by atomic mass is 10.1. The second-order valence-corrected chi connectivity index (χ2v) is 6.62. The Kier molecular flexibility index (Phi) is 5.95. The standard InChI is InChI=1S/C17H22N2O2S/c1-12(2)11-15-19-13(3)16(22-15)17(20)18-9-10-21-14-7-5-4-6-8-14/h4-8,12H,9-11H2,1-3H3,(H,18,20). The topological polar surface area (TPSA) is 51.2 Å². The smallest absolute Gasteiger partial charge is 0.263 e. The minimum Gasteiger partial charge on any atom is -0.492 e. The van der Waals surface area contributed by atoms with Crippen LogP contribution in [0.5, 0.6) is 5.75 Å². The van der Waals surface area contributed by atoms with Gasteiger partial charge in [-0.1, -0.05) is 32.0 Å². The summed E-state index contributed by atoms with van der Waals surface area (Å²) in [5.41, 5.74) is 0.808. The van der Waals surface area contributed by atoms with Gasteiger partial charge in [-0.2, -0.15) is 0 Å². The third-order valence-corrected chi connectivity index (χ3v) is 4.21. The van der Waals surface area contributed by atoms with Gasteiger partial charge in [0.25, 0.3) is 5.91 Å². The number of rotatable bonds is 7. The van der Waals surface area contributed by atoms with E-state index in [1.807, 2.05) is 37.3 Å². The number of nitrogens with zero attached hydrogens (tertiary/aromatic N) is 1. The summed E-state index contributed by atoms with van der Waals surface area (Å²) < 4.78 is 5.55. The molecule has 0 saturated carbocycles. The molecule has 2 aromatic rings. The fourth-order valence-corrected chi connectivity index (χ4v) is 3.22. The van der Waals surface area contributed by atoms with Crippen LogP contribution in [0, 0.1) is 12.8 Å². The monoisotopic (exact) mass is 318 g/mol. The van der Waals surface area contributed by atoms with Crippen molar-refractivity contribution in [2.24, 2.45) is 5.92 Å². The zero-order chi connectivity index (χ0) is 15.9. The number of amides is 1. The Morgan fingerprint density at radius 1 is 1.32 bits per heavy atom. The highest BCUT2D eigenvalue weighted by Gasteiger charge is 2.15. The van der Waals surface area contributed by atoms with Gasteiger partial charge in [-0.3, -0.25) is 4.79 Å². The van der Waals surface area contributed by atoms with E-state index in [9.17, 15) is 4.79 Å². The lowest BCUT2D eigenvalue weighted by molar-refractivity contribution is 0.0950. The molecule has 1 heterocycles. The van der Waals surface area contributed by atoms with Crippen LogP contribution in [-0.2, 0) is 6.42 Å². The Labute approximate surface area is 135 Å². The van der Waals surface area contributed by atoms with Crippen LogP contribution in [0.4, 0.5) is 0 Å². The summed E-state index contributed by atoms with van der Waals surface area (Å²) >= 11 is 1.49. The molecular weight excluding hydrogens is 296 g/mol. The maximum atomic E-state index is 12.2. The van der Waals surface area contributed by atoms with E-state index in [0.29, 0.717) is 23.9 Å². The number of aryl methyl sites for hydroxylation is 1. The van der Waals surface area contributed by atoms with Gasteiger partial charge in [-0.05, 0) is 25.0 Å². The first kappa shape index (κ1) is 16.5. The molecule has 0 aliphatic rings. The maximum Gasteiger partial charge on any atom is 0.263 e. The van der Waals surface area contributed by atoms with Crippen LogP contribution in [0.1, 0.15) is 34.2 Å². The van der Waals surface area contributed by atoms with Crippen molar-refractivity contribution in [3.8, 4) is 5.75 Å². The highest BCUT2D eigenvalue weighted by molar-refractivity contribution is 7.13. The molecule has 1 aromatic carbocycles. The molecule has 4 nitrogen and oxygen atoms in total. The van der Waals surface area contributed by atoms with Crippen molar-refractivity contribution in [2.45, 2.75) is 27.2 Å². The molecule has 5 heteroatoms. The second-order valence-electron chi connectivity index (χ2n) is 5.54. The molecule has 0 aliphatic heterocycles. The van der Waals surface area contributed by atoms with Gasteiger partial charge in [-0.15, -0.1) is 11.3 Å². The van der Waals surface area contributed by atoms with Gasteiger partial charge in [0.1, 0.15) is 17.2 Å². The molecule has 0 fully saturated rings. The predicted octanol–water partition coefficient (Wildman–Crippen LogP) is 3.46. The number of para-hydroxylation sites is 1. The van der Waals surface area contributed by atoms with Crippen molar-refractivity contribution in [3.63, 3.8) is 0 Å². The van der Waals surface area contributed by atoms with Crippen molar-refractivity contribution in [1.82, 2.24) is 10.3 Å². The van der Waals surface area contributed by atoms with E-state index >= 15 is 0 Å². The van der Waals surface area contributed by atoms with E-state index in [-0.39, 0.29) is 5.91 Å². The lowest BCUT2D eigenvalue weighted by Gasteiger charge is -2.07. The molecule has 0 atom stereocenters. The summed E-state index contributed by atoms with van der Waals surface area (Å²) in [6.45, 7) is 7.11. The number of nitrogens with one attached hydrogen (secondary N) is 1. The van der Waals surface area contributed by atoms with Gasteiger partial charge in [0.2, 0.25) is 0 Å². The highest BCUT2D eigenvalue weighted by atomic mass is 32.1. The normalized spacial score (nSPS) is 10.7. The molecule has 0 spiro atoms. The number of hydrogen-bond donors (Lipinski definition) is 1. The van der Waals surface area contributed by atoms with Crippen molar-refractivity contribution in [3.05, 3.63) is 45.9 Å². The van der Waals surface area contributed by atoms with Gasteiger partial charge in [0, 0.05) is 6.42 Å². The minimum atomic E-state index is -0.0679. The fraction of sp³-hybridized carbons (Fsp3) is 0.412. The van der Waals surface area contributed by atoms with Crippen molar-refractivity contribution < 1.29 is 9.53 Å². The summed E-state index contributed by atoms with van der Waals surface area (Å²) in [5, 5.41) is 3.91. The molecule has 2 rings (SSSR count). The zero-order valence-corrected chi connectivity index (χ0v) is 14.1. The van der Waals surface area contributed by atoms with Crippen molar-refractivity contribution >= 4 is 17.2 Å². The fourth-order valence-electron chi connectivity index (χ4n) is 2.03. The van der Waals surface area contributed by atoms with Crippen LogP contribution in [-0.4, -0.2) is 24.0 Å². The third kappa shape index (κ3) is 4.84. The number of thiazole rings is 1. The van der Waals surface area contributed by atoms with E-state index in [0.717, 1.165) is 22.9 Å². The maximum absolute atomic E-state index is 12.2. The molecule has 0 saturated heterocycles. The molecule has 0 radical (unpaired) electrons. The minimum absolute atomic E-state index is 0.0679. The van der Waals surface area contributed by atoms with Gasteiger partial charge in [0.05, 0.1) is 17.2 Å². The zero-order valence-electron chi connectivity index (χ0n) is 13.3. The third-order valence-electron chi connectivity index (χ3n) is 3.03. The Hall–Kier alpha value is -1.88. The van der Waals surface area contributed by atoms with Crippen LogP contribution >= 0.6 is 11.3 Å². The van der Waals surface area contributed by atoms with Crippen molar-refractivity contribution in [1.29, 1.82) is 0 Å². The van der Waals surface area contributed by atoms with E-state index in [2.05, 4.69) is 24.1 Å². The Balaban J connectivity index is 1.81. The van der Waals surface area contributed by atoms with Gasteiger partial charge >= 0.3 is 0 Å². The second kappa shape index (κ2) is 7.94. The van der Waals surface area contributed by atoms with Crippen LogP contribution < -0.4 is 10.1 Å². The molecule has 0 unspecified atom stereocenters. The summed E-state index contributed by atoms with van der Waals surface area (Å²) in [4.78, 5) is 17.4. The molecular formula is C17H22N2O2S. The summed E-state index contributed by atoms with van der Waals surface area (Å²) in [5.74, 6) is 1.28. The van der Waals surface area contributed by atoms with E-state index in [4.69, 9.17) is 4.74 Å². The van der Waals surface area contributed by atoms with Crippen LogP contribution in [0.25, 0.3) is 0 Å². The molecule has 118 valence electrons. The molecule has 1 amide bonds. The molecule has 22 heavy (non-hydrogen) atoms. The van der Waals surface area contributed by atoms with Gasteiger partial charge in [-0.25, -0.2) is 4.98 Å². The number of carbonyl (C=O) groups excluding carboxylic acids is 1. The average molecular weight is 318 g/mol. The van der Waals surface area contributed by atoms with E-state index < -0.39 is 0 Å². The van der Waals surface area contributed by atoms with Crippen LogP contribution in [0.2, 0.25) is 0 Å². The van der Waals surface area contributed by atoms with Crippen LogP contribution in [0.15, 0.2) is 30.3 Å². The van der Waals surface area contributed by atoms with Gasteiger partial charge in [0.15, 0.2) is 0 Å². The molecule has 1 aromatic heterocycles. The first-order chi connectivity index (χ1) is 10.6. The van der Waals surface area contributed by atoms with E-state index in [1.165, 1.54) is 11.3 Å². The van der Waals surface area contributed by atoms with Crippen LogP contribution in [0.3, 0.4) is 0 Å². The Bertz CT molecular complexity index is 608. The highest BCUT2D eigenvalue weighted by Crippen LogP contribution is 2.20. The number of ether oxygens (including phenoxy) is 1. The van der Waals surface area contributed by atoms with E-state index in [1.54, 1.807) is 0 Å². The van der Waals surface area contributed by atoms with Crippen molar-refractivity contribution in [2.75, 3.05) is 13.2 Å². The first-order valence-corrected chi connectivity index (χ1v) is 8.30. The summed E-state index contributed by atoms with van der Waals surface area (Å²) in [7, 11) is 0. The number of carbonyl (C=O) groups is 1. The van der Waals surface area contributed by atoms with Gasteiger partial charge < -0.3 is 10.1 Å². The molecule has 0 aliphatic carbocycles. The number of benzene rings is 1. The lowest BCUT2D eigenvalue weighted by Crippen LogP contribution is -2.27. The predicted molar refractivity (Wildman–Crippen MR) is 89.7 cm³/mol. The number of aromatic nitrogens is 1. The quantitative estimate of drug-likeness (QED) is 0.795. The molecule has 0 bridgehead atoms. The average Bonchev–Trinajstić information content (AvgIpc) is 2.84. The molecule has 1 N–H and O–H groups in total. The SMILES string of the molecule is Cc1nc(CC(C)C)sc1C(=O)NCCOc1ccccc1. The Morgan fingerprint density at radius 2 is 2.05 bits per heavy atom. The first-order valence-electron chi connectivity index (χ1n) is 7.48. The number of hydrogen-bond acceptors (Lipinski definition) is 4. The summed E-state index contributed by atoms with van der Waals surface area (Å²) in [6.07, 6.45) is 0.913. The Morgan fingerprint density at radius 3 is 2.73 bits per heavy atom. The summed E-state index contributed by atoms with van der Waals surface area (Å²) in [6, 6.07) is 9.58. The largest absolute Gasteiger partial charge is 0.492 e.